The maximum atomic E-state index is 13.4. The number of benzene rings is 2. The number of nitrogens with one attached hydrogen (secondary N) is 1. The van der Waals surface area contributed by atoms with Crippen molar-refractivity contribution in [3.8, 4) is 16.3 Å². The minimum atomic E-state index is -0.176. The molecule has 8 heteroatoms. The summed E-state index contributed by atoms with van der Waals surface area (Å²) in [6.07, 6.45) is 4.36. The molecule has 3 heterocycles. The second-order valence-electron chi connectivity index (χ2n) is 7.69. The minimum absolute atomic E-state index is 0.104. The van der Waals surface area contributed by atoms with Crippen molar-refractivity contribution in [3.05, 3.63) is 83.6 Å². The summed E-state index contributed by atoms with van der Waals surface area (Å²) >= 11 is 1.41. The van der Waals surface area contributed by atoms with Crippen molar-refractivity contribution in [1.82, 2.24) is 20.1 Å². The Hall–Kier alpha value is -3.78. The van der Waals surface area contributed by atoms with Gasteiger partial charge in [0, 0.05) is 36.3 Å². The number of rotatable bonds is 4. The highest BCUT2D eigenvalue weighted by Gasteiger charge is 2.30. The van der Waals surface area contributed by atoms with Crippen molar-refractivity contribution in [2.45, 2.75) is 19.4 Å². The zero-order valence-corrected chi connectivity index (χ0v) is 18.2. The summed E-state index contributed by atoms with van der Waals surface area (Å²) in [5, 5.41) is 9.88. The summed E-state index contributed by atoms with van der Waals surface area (Å²) in [5.41, 5.74) is 4.10. The average molecular weight is 444 g/mol. The highest BCUT2D eigenvalue weighted by atomic mass is 32.1. The van der Waals surface area contributed by atoms with Gasteiger partial charge in [-0.1, -0.05) is 36.4 Å². The van der Waals surface area contributed by atoms with Crippen molar-refractivity contribution in [3.63, 3.8) is 0 Å². The Morgan fingerprint density at radius 1 is 1.09 bits per heavy atom. The van der Waals surface area contributed by atoms with Crippen LogP contribution < -0.4 is 10.2 Å². The molecule has 0 bridgehead atoms. The maximum Gasteiger partial charge on any atom is 0.277 e. The van der Waals surface area contributed by atoms with Crippen LogP contribution in [-0.2, 0) is 11.2 Å². The summed E-state index contributed by atoms with van der Waals surface area (Å²) in [5.74, 6) is -0.279. The molecule has 0 saturated heterocycles. The number of para-hydroxylation sites is 2. The van der Waals surface area contributed by atoms with Crippen LogP contribution in [0, 0.1) is 0 Å². The molecule has 0 unspecified atom stereocenters. The van der Waals surface area contributed by atoms with Crippen molar-refractivity contribution < 1.29 is 9.59 Å². The molecule has 32 heavy (non-hydrogen) atoms. The van der Waals surface area contributed by atoms with Gasteiger partial charge >= 0.3 is 0 Å². The van der Waals surface area contributed by atoms with Crippen LogP contribution in [0.1, 0.15) is 23.0 Å². The summed E-state index contributed by atoms with van der Waals surface area (Å²) in [6, 6.07) is 17.5. The lowest BCUT2D eigenvalue weighted by Gasteiger charge is -2.34. The topological polar surface area (TPSA) is 80.1 Å². The number of carbonyl (C=O) groups is 2. The lowest BCUT2D eigenvalue weighted by molar-refractivity contribution is -0.119. The number of amides is 2. The molecule has 0 spiro atoms. The monoisotopic (exact) mass is 443 g/mol. The summed E-state index contributed by atoms with van der Waals surface area (Å²) in [7, 11) is 0. The van der Waals surface area contributed by atoms with Gasteiger partial charge in [-0.3, -0.25) is 9.59 Å². The highest BCUT2D eigenvalue weighted by molar-refractivity contribution is 7.13. The van der Waals surface area contributed by atoms with Gasteiger partial charge in [-0.2, -0.15) is 5.10 Å². The number of hydrogen-bond donors (Lipinski definition) is 1. The van der Waals surface area contributed by atoms with Crippen molar-refractivity contribution in [1.29, 1.82) is 0 Å². The van der Waals surface area contributed by atoms with Crippen LogP contribution in [0.3, 0.4) is 0 Å². The van der Waals surface area contributed by atoms with E-state index in [1.807, 2.05) is 60.8 Å². The zero-order valence-electron chi connectivity index (χ0n) is 17.4. The Morgan fingerprint density at radius 3 is 2.69 bits per heavy atom. The molecule has 0 saturated carbocycles. The first kappa shape index (κ1) is 20.1. The van der Waals surface area contributed by atoms with Crippen LogP contribution in [0.25, 0.3) is 16.3 Å². The molecule has 160 valence electrons. The number of carbonyl (C=O) groups excluding carboxylic acids is 2. The van der Waals surface area contributed by atoms with Gasteiger partial charge in [-0.25, -0.2) is 9.67 Å². The lowest BCUT2D eigenvalue weighted by atomic mass is 9.97. The molecular weight excluding hydrogens is 422 g/mol. The Balaban J connectivity index is 1.41. The second-order valence-corrected chi connectivity index (χ2v) is 8.55. The van der Waals surface area contributed by atoms with Gasteiger partial charge in [0.2, 0.25) is 5.91 Å². The van der Waals surface area contributed by atoms with E-state index in [2.05, 4.69) is 15.4 Å². The molecule has 1 aliphatic heterocycles. The van der Waals surface area contributed by atoms with E-state index >= 15 is 0 Å². The van der Waals surface area contributed by atoms with Crippen LogP contribution in [0.5, 0.6) is 0 Å². The molecule has 2 aromatic carbocycles. The largest absolute Gasteiger partial charge is 0.351 e. The normalized spacial score (nSPS) is 15.3. The standard InChI is InChI=1S/C24H21N5O2S/c1-16(30)26-19-11-17-7-5-6-10-22(17)28(14-19)24(31)21-15-32-23(27-21)18-12-25-29(13-18)20-8-3-2-4-9-20/h2-10,12-13,15,19H,11,14H2,1H3,(H,26,30)/t19-/m1/s1. The second kappa shape index (κ2) is 8.39. The molecule has 1 N–H and O–H groups in total. The molecule has 0 fully saturated rings. The summed E-state index contributed by atoms with van der Waals surface area (Å²) < 4.78 is 1.79. The molecule has 2 aromatic heterocycles. The van der Waals surface area contributed by atoms with E-state index in [0.29, 0.717) is 18.7 Å². The first-order valence-corrected chi connectivity index (χ1v) is 11.2. The van der Waals surface area contributed by atoms with E-state index in [1.54, 1.807) is 21.2 Å². The van der Waals surface area contributed by atoms with Gasteiger partial charge in [-0.15, -0.1) is 11.3 Å². The van der Waals surface area contributed by atoms with E-state index in [1.165, 1.54) is 18.3 Å². The van der Waals surface area contributed by atoms with E-state index in [4.69, 9.17) is 0 Å². The van der Waals surface area contributed by atoms with Crippen LogP contribution in [-0.4, -0.2) is 39.2 Å². The highest BCUT2D eigenvalue weighted by Crippen LogP contribution is 2.30. The van der Waals surface area contributed by atoms with Crippen molar-refractivity contribution in [2.75, 3.05) is 11.4 Å². The Bertz CT molecular complexity index is 1280. The van der Waals surface area contributed by atoms with Crippen LogP contribution >= 0.6 is 11.3 Å². The molecule has 7 nitrogen and oxygen atoms in total. The third-order valence-corrected chi connectivity index (χ3v) is 6.27. The first-order chi connectivity index (χ1) is 15.6. The average Bonchev–Trinajstić information content (AvgIpc) is 3.48. The quantitative estimate of drug-likeness (QED) is 0.522. The van der Waals surface area contributed by atoms with E-state index in [-0.39, 0.29) is 17.9 Å². The van der Waals surface area contributed by atoms with Gasteiger partial charge < -0.3 is 10.2 Å². The Labute approximate surface area is 189 Å². The molecule has 5 rings (SSSR count). The molecule has 0 radical (unpaired) electrons. The summed E-state index contributed by atoms with van der Waals surface area (Å²) in [4.78, 5) is 31.3. The maximum absolute atomic E-state index is 13.4. The van der Waals surface area contributed by atoms with E-state index < -0.39 is 0 Å². The van der Waals surface area contributed by atoms with Gasteiger partial charge in [0.25, 0.3) is 5.91 Å². The number of anilines is 1. The molecule has 2 amide bonds. The van der Waals surface area contributed by atoms with Gasteiger partial charge in [0.1, 0.15) is 10.7 Å². The third-order valence-electron chi connectivity index (χ3n) is 5.38. The number of fused-ring (bicyclic) bond motifs is 1. The summed E-state index contributed by atoms with van der Waals surface area (Å²) in [6.45, 7) is 1.91. The fraction of sp³-hybridized carbons (Fsp3) is 0.167. The number of hydrogen-bond acceptors (Lipinski definition) is 5. The SMILES string of the molecule is CC(=O)N[C@@H]1Cc2ccccc2N(C(=O)c2csc(-c3cnn(-c4ccccc4)c3)n2)C1. The molecule has 0 aliphatic carbocycles. The van der Waals surface area contributed by atoms with Gasteiger partial charge in [-0.05, 0) is 30.2 Å². The van der Waals surface area contributed by atoms with E-state index in [0.717, 1.165) is 27.5 Å². The van der Waals surface area contributed by atoms with E-state index in [9.17, 15) is 9.59 Å². The molecular formula is C24H21N5O2S. The Kier molecular flexibility index (Phi) is 5.28. The third kappa shape index (κ3) is 3.92. The smallest absolute Gasteiger partial charge is 0.277 e. The Morgan fingerprint density at radius 2 is 1.88 bits per heavy atom. The molecule has 1 aliphatic rings. The fourth-order valence-corrected chi connectivity index (χ4v) is 4.74. The first-order valence-electron chi connectivity index (χ1n) is 10.3. The number of nitrogens with zero attached hydrogens (tertiary/aromatic N) is 4. The fourth-order valence-electron chi connectivity index (χ4n) is 3.97. The molecule has 1 atom stereocenters. The number of aromatic nitrogens is 3. The van der Waals surface area contributed by atoms with Crippen molar-refractivity contribution in [2.24, 2.45) is 0 Å². The van der Waals surface area contributed by atoms with Crippen LogP contribution in [0.4, 0.5) is 5.69 Å². The van der Waals surface area contributed by atoms with Gasteiger partial charge in [0.15, 0.2) is 0 Å². The van der Waals surface area contributed by atoms with Crippen LogP contribution in [0.2, 0.25) is 0 Å². The predicted octanol–water partition coefficient (Wildman–Crippen LogP) is 3.70. The lowest BCUT2D eigenvalue weighted by Crippen LogP contribution is -2.49. The predicted molar refractivity (Wildman–Crippen MR) is 124 cm³/mol. The number of thiazole rings is 1. The van der Waals surface area contributed by atoms with Gasteiger partial charge in [0.05, 0.1) is 17.9 Å². The zero-order chi connectivity index (χ0) is 22.1. The minimum Gasteiger partial charge on any atom is -0.351 e. The van der Waals surface area contributed by atoms with Crippen molar-refractivity contribution >= 4 is 28.8 Å². The molecule has 4 aromatic rings. The van der Waals surface area contributed by atoms with Crippen LogP contribution in [0.15, 0.2) is 72.4 Å².